The van der Waals surface area contributed by atoms with Crippen LogP contribution < -0.4 is 10.1 Å². The summed E-state index contributed by atoms with van der Waals surface area (Å²) in [5.74, 6) is 0.355. The van der Waals surface area contributed by atoms with Gasteiger partial charge in [-0.05, 0) is 36.8 Å². The van der Waals surface area contributed by atoms with Crippen LogP contribution in [0.4, 0.5) is 5.69 Å². The minimum absolute atomic E-state index is 0.118. The normalized spacial score (nSPS) is 17.0. The standard InChI is InChI=1S/C17H17NO4S/c1-23(20,21)13-8-6-12(7-9-13)18-17(19)15-10-11-22-16-5-3-2-4-14(15)16/h2-9,15H,10-11H2,1H3,(H,18,19). The van der Waals surface area contributed by atoms with E-state index >= 15 is 0 Å². The fraction of sp³-hybridized carbons (Fsp3) is 0.235. The van der Waals surface area contributed by atoms with Gasteiger partial charge < -0.3 is 10.1 Å². The first-order valence-corrected chi connectivity index (χ1v) is 9.17. The number of sulfone groups is 1. The number of hydrogen-bond acceptors (Lipinski definition) is 4. The lowest BCUT2D eigenvalue weighted by Crippen LogP contribution is -2.26. The molecule has 0 radical (unpaired) electrons. The molecule has 1 aliphatic rings. The number of ether oxygens (including phenoxy) is 1. The van der Waals surface area contributed by atoms with Gasteiger partial charge in [-0.1, -0.05) is 18.2 Å². The van der Waals surface area contributed by atoms with Crippen molar-refractivity contribution in [3.05, 3.63) is 54.1 Å². The van der Waals surface area contributed by atoms with Gasteiger partial charge >= 0.3 is 0 Å². The molecule has 1 aliphatic heterocycles. The van der Waals surface area contributed by atoms with E-state index in [-0.39, 0.29) is 16.7 Å². The molecule has 0 fully saturated rings. The average molecular weight is 331 g/mol. The van der Waals surface area contributed by atoms with Gasteiger partial charge in [0.05, 0.1) is 17.4 Å². The monoisotopic (exact) mass is 331 g/mol. The second-order valence-electron chi connectivity index (χ2n) is 5.51. The fourth-order valence-corrected chi connectivity index (χ4v) is 3.26. The summed E-state index contributed by atoms with van der Waals surface area (Å²) in [6.07, 6.45) is 1.77. The first-order chi connectivity index (χ1) is 10.9. The molecule has 0 saturated carbocycles. The number of fused-ring (bicyclic) bond motifs is 1. The van der Waals surface area contributed by atoms with E-state index in [1.165, 1.54) is 12.1 Å². The summed E-state index contributed by atoms with van der Waals surface area (Å²) >= 11 is 0. The molecule has 2 aromatic carbocycles. The van der Waals surface area contributed by atoms with Crippen LogP contribution in [0.5, 0.6) is 5.75 Å². The zero-order valence-electron chi connectivity index (χ0n) is 12.7. The molecule has 6 heteroatoms. The van der Waals surface area contributed by atoms with Crippen LogP contribution in [-0.2, 0) is 14.6 Å². The number of para-hydroxylation sites is 1. The van der Waals surface area contributed by atoms with Crippen molar-refractivity contribution in [2.45, 2.75) is 17.2 Å². The van der Waals surface area contributed by atoms with E-state index in [1.54, 1.807) is 12.1 Å². The van der Waals surface area contributed by atoms with Crippen molar-refractivity contribution >= 4 is 21.4 Å². The number of benzene rings is 2. The van der Waals surface area contributed by atoms with Crippen LogP contribution in [-0.4, -0.2) is 27.2 Å². The lowest BCUT2D eigenvalue weighted by atomic mass is 9.92. The van der Waals surface area contributed by atoms with Gasteiger partial charge in [-0.15, -0.1) is 0 Å². The van der Waals surface area contributed by atoms with Crippen LogP contribution in [0.3, 0.4) is 0 Å². The lowest BCUT2D eigenvalue weighted by molar-refractivity contribution is -0.118. The van der Waals surface area contributed by atoms with Crippen LogP contribution in [0.25, 0.3) is 0 Å². The fourth-order valence-electron chi connectivity index (χ4n) is 2.63. The van der Waals surface area contributed by atoms with E-state index in [0.29, 0.717) is 18.7 Å². The molecule has 1 N–H and O–H groups in total. The largest absolute Gasteiger partial charge is 0.493 e. The SMILES string of the molecule is CS(=O)(=O)c1ccc(NC(=O)C2CCOc3ccccc32)cc1. The number of carbonyl (C=O) groups is 1. The Kier molecular flexibility index (Phi) is 4.09. The summed E-state index contributed by atoms with van der Waals surface area (Å²) in [6.45, 7) is 0.502. The quantitative estimate of drug-likeness (QED) is 0.938. The molecule has 0 aliphatic carbocycles. The molecule has 0 aromatic heterocycles. The molecule has 0 bridgehead atoms. The van der Waals surface area contributed by atoms with Crippen LogP contribution in [0.15, 0.2) is 53.4 Å². The number of rotatable bonds is 3. The molecule has 23 heavy (non-hydrogen) atoms. The predicted octanol–water partition coefficient (Wildman–Crippen LogP) is 2.59. The summed E-state index contributed by atoms with van der Waals surface area (Å²) in [5.41, 5.74) is 1.45. The molecular weight excluding hydrogens is 314 g/mol. The van der Waals surface area contributed by atoms with Crippen molar-refractivity contribution < 1.29 is 17.9 Å². The Morgan fingerprint density at radius 2 is 1.83 bits per heavy atom. The highest BCUT2D eigenvalue weighted by molar-refractivity contribution is 7.90. The van der Waals surface area contributed by atoms with E-state index in [9.17, 15) is 13.2 Å². The van der Waals surface area contributed by atoms with Crippen LogP contribution >= 0.6 is 0 Å². The number of hydrogen-bond donors (Lipinski definition) is 1. The second-order valence-corrected chi connectivity index (χ2v) is 7.53. The van der Waals surface area contributed by atoms with Gasteiger partial charge in [-0.2, -0.15) is 0 Å². The Labute approximate surface area is 135 Å². The van der Waals surface area contributed by atoms with Crippen molar-refractivity contribution in [2.75, 3.05) is 18.2 Å². The Hall–Kier alpha value is -2.34. The summed E-state index contributed by atoms with van der Waals surface area (Å²) in [7, 11) is -3.24. The molecule has 1 atom stereocenters. The van der Waals surface area contributed by atoms with Gasteiger partial charge in [0.2, 0.25) is 5.91 Å². The van der Waals surface area contributed by atoms with Crippen LogP contribution in [0.1, 0.15) is 17.9 Å². The molecule has 0 spiro atoms. The lowest BCUT2D eigenvalue weighted by Gasteiger charge is -2.25. The Morgan fingerprint density at radius 3 is 2.52 bits per heavy atom. The first kappa shape index (κ1) is 15.6. The molecule has 3 rings (SSSR count). The summed E-state index contributed by atoms with van der Waals surface area (Å²) in [5, 5.41) is 2.84. The molecule has 1 amide bonds. The minimum Gasteiger partial charge on any atom is -0.493 e. The van der Waals surface area contributed by atoms with E-state index in [4.69, 9.17) is 4.74 Å². The Bertz CT molecular complexity index is 828. The number of anilines is 1. The van der Waals surface area contributed by atoms with Crippen LogP contribution in [0.2, 0.25) is 0 Å². The van der Waals surface area contributed by atoms with E-state index in [1.807, 2.05) is 24.3 Å². The van der Waals surface area contributed by atoms with Gasteiger partial charge in [-0.25, -0.2) is 8.42 Å². The van der Waals surface area contributed by atoms with E-state index in [0.717, 1.165) is 17.6 Å². The summed E-state index contributed by atoms with van der Waals surface area (Å²) < 4.78 is 28.5. The van der Waals surface area contributed by atoms with Crippen LogP contribution in [0, 0.1) is 0 Å². The zero-order chi connectivity index (χ0) is 16.4. The molecule has 5 nitrogen and oxygen atoms in total. The van der Waals surface area contributed by atoms with Gasteiger partial charge in [0.25, 0.3) is 0 Å². The Morgan fingerprint density at radius 1 is 1.13 bits per heavy atom. The minimum atomic E-state index is -3.24. The highest BCUT2D eigenvalue weighted by Gasteiger charge is 2.27. The third-order valence-corrected chi connectivity index (χ3v) is 4.95. The van der Waals surface area contributed by atoms with Crippen molar-refractivity contribution in [1.29, 1.82) is 0 Å². The summed E-state index contributed by atoms with van der Waals surface area (Å²) in [6, 6.07) is 13.7. The van der Waals surface area contributed by atoms with Crippen molar-refractivity contribution in [1.82, 2.24) is 0 Å². The Balaban J connectivity index is 1.78. The van der Waals surface area contributed by atoms with Crippen molar-refractivity contribution in [3.8, 4) is 5.75 Å². The topological polar surface area (TPSA) is 72.5 Å². The predicted molar refractivity (Wildman–Crippen MR) is 87.5 cm³/mol. The van der Waals surface area contributed by atoms with Gasteiger partial charge in [0.15, 0.2) is 9.84 Å². The number of carbonyl (C=O) groups excluding carboxylic acids is 1. The highest BCUT2D eigenvalue weighted by Crippen LogP contribution is 2.34. The average Bonchev–Trinajstić information content (AvgIpc) is 2.54. The number of amides is 1. The molecule has 1 heterocycles. The third-order valence-electron chi connectivity index (χ3n) is 3.83. The molecule has 0 saturated heterocycles. The molecular formula is C17H17NO4S. The van der Waals surface area contributed by atoms with Gasteiger partial charge in [0.1, 0.15) is 5.75 Å². The number of nitrogens with one attached hydrogen (secondary N) is 1. The highest BCUT2D eigenvalue weighted by atomic mass is 32.2. The first-order valence-electron chi connectivity index (χ1n) is 7.28. The maximum atomic E-state index is 12.5. The van der Waals surface area contributed by atoms with E-state index in [2.05, 4.69) is 5.32 Å². The molecule has 2 aromatic rings. The third kappa shape index (κ3) is 3.37. The van der Waals surface area contributed by atoms with Gasteiger partial charge in [0, 0.05) is 17.5 Å². The van der Waals surface area contributed by atoms with E-state index < -0.39 is 9.84 Å². The van der Waals surface area contributed by atoms with Crippen molar-refractivity contribution in [2.24, 2.45) is 0 Å². The maximum absolute atomic E-state index is 12.5. The zero-order valence-corrected chi connectivity index (χ0v) is 13.5. The second kappa shape index (κ2) is 6.04. The molecule has 120 valence electrons. The van der Waals surface area contributed by atoms with Gasteiger partial charge in [-0.3, -0.25) is 4.79 Å². The molecule has 1 unspecified atom stereocenters. The van der Waals surface area contributed by atoms with Crippen molar-refractivity contribution in [3.63, 3.8) is 0 Å². The smallest absolute Gasteiger partial charge is 0.232 e. The summed E-state index contributed by atoms with van der Waals surface area (Å²) in [4.78, 5) is 12.8. The maximum Gasteiger partial charge on any atom is 0.232 e.